The molecule has 0 aliphatic carbocycles. The van der Waals surface area contributed by atoms with Gasteiger partial charge in [0.2, 0.25) is 0 Å². The number of esters is 2. The zero-order chi connectivity index (χ0) is 42.3. The van der Waals surface area contributed by atoms with Gasteiger partial charge in [-0.2, -0.15) is 5.75 Å². The minimum Gasteiger partial charge on any atom is -0.792 e. The maximum absolute atomic E-state index is 12.6. The van der Waals surface area contributed by atoms with Crippen LogP contribution >= 0.6 is 0 Å². The normalized spacial score (nSPS) is 11.7. The Morgan fingerprint density at radius 2 is 0.914 bits per heavy atom. The van der Waals surface area contributed by atoms with Crippen LogP contribution in [0.3, 0.4) is 0 Å². The van der Waals surface area contributed by atoms with E-state index in [-0.39, 0.29) is 56.9 Å². The van der Waals surface area contributed by atoms with E-state index in [1.807, 2.05) is 19.0 Å². The molecular weight excluding hydrogens is 818 g/mol. The maximum atomic E-state index is 12.6. The Hall–Kier alpha value is 0.274. The van der Waals surface area contributed by atoms with Crippen molar-refractivity contribution in [2.45, 2.75) is 258 Å². The van der Waals surface area contributed by atoms with Gasteiger partial charge in [-0.25, -0.2) is 0 Å². The van der Waals surface area contributed by atoms with Crippen LogP contribution in [0.1, 0.15) is 245 Å². The number of hydrogen-bond donors (Lipinski definition) is 1. The Labute approximate surface area is 392 Å². The molecule has 0 amide bonds. The fourth-order valence-corrected chi connectivity index (χ4v) is 7.39. The van der Waals surface area contributed by atoms with Crippen molar-refractivity contribution in [3.05, 3.63) is 5.32 Å². The van der Waals surface area contributed by atoms with Gasteiger partial charge in [-0.3, -0.25) is 9.59 Å². The molecule has 0 spiro atoms. The van der Waals surface area contributed by atoms with Crippen molar-refractivity contribution >= 4 is 24.6 Å². The summed E-state index contributed by atoms with van der Waals surface area (Å²) in [5, 5.41) is 13.8. The largest absolute Gasteiger partial charge is 0.792 e. The van der Waals surface area contributed by atoms with Crippen LogP contribution in [-0.2, 0) is 64.4 Å². The van der Waals surface area contributed by atoms with Gasteiger partial charge in [0.05, 0.1) is 12.7 Å². The predicted octanol–water partition coefficient (Wildman–Crippen LogP) is 14.0. The molecule has 1 unspecified atom stereocenters. The molecule has 0 saturated heterocycles. The third kappa shape index (κ3) is 54.3. The van der Waals surface area contributed by atoms with Crippen LogP contribution in [0.2, 0.25) is 0 Å². The Morgan fingerprint density at radius 1 is 0.534 bits per heavy atom. The first-order valence-corrected chi connectivity index (χ1v) is 25.3. The van der Waals surface area contributed by atoms with Gasteiger partial charge in [0.25, 0.3) is 0 Å². The molecule has 0 heterocycles. The molecule has 58 heavy (non-hydrogen) atoms. The van der Waals surface area contributed by atoms with E-state index >= 15 is 0 Å². The van der Waals surface area contributed by atoms with Crippen molar-refractivity contribution in [1.82, 2.24) is 4.90 Å². The van der Waals surface area contributed by atoms with Gasteiger partial charge < -0.3 is 37.4 Å². The number of aliphatic hydroxyl groups is 1. The smallest absolute Gasteiger partial charge is 0.306 e. The van der Waals surface area contributed by atoms with Crippen LogP contribution < -0.4 is 0 Å². The zero-order valence-electron chi connectivity index (χ0n) is 39.4. The van der Waals surface area contributed by atoms with E-state index < -0.39 is 0 Å². The monoisotopic (exact) mass is 916 g/mol. The van der Waals surface area contributed by atoms with Gasteiger partial charge in [0.1, 0.15) is 6.10 Å². The summed E-state index contributed by atoms with van der Waals surface area (Å²) in [5.74, 6) is 0.653. The van der Waals surface area contributed by atoms with Crippen LogP contribution in [0.5, 0.6) is 0 Å². The predicted molar refractivity (Wildman–Crippen MR) is 249 cm³/mol. The molecule has 0 aromatic rings. The molecule has 0 aliphatic rings. The number of nitrogens with zero attached hydrogens (tertiary/aromatic N) is 2. The molecule has 345 valence electrons. The van der Waals surface area contributed by atoms with Crippen LogP contribution in [0.4, 0.5) is 0 Å². The van der Waals surface area contributed by atoms with Gasteiger partial charge in [0.15, 0.2) is 0 Å². The summed E-state index contributed by atoms with van der Waals surface area (Å²) in [7, 11) is 3.87. The summed E-state index contributed by atoms with van der Waals surface area (Å²) >= 11 is 4.70. The van der Waals surface area contributed by atoms with E-state index in [2.05, 4.69) is 20.8 Å². The van der Waals surface area contributed by atoms with Crippen molar-refractivity contribution in [1.29, 1.82) is 0 Å². The van der Waals surface area contributed by atoms with E-state index in [4.69, 9.17) is 32.5 Å². The molecule has 0 aromatic carbocycles. The Kier molecular flexibility index (Phi) is 57.6. The number of hydrogen-bond acceptors (Lipinski definition) is 7. The van der Waals surface area contributed by atoms with Crippen LogP contribution in [0.25, 0.3) is 5.32 Å². The fourth-order valence-electron chi connectivity index (χ4n) is 7.11. The second-order valence-electron chi connectivity index (χ2n) is 17.0. The van der Waals surface area contributed by atoms with Crippen molar-refractivity contribution < 1.29 is 56.9 Å². The number of carbonyl (C=O) groups is 2. The molecule has 7 nitrogen and oxygen atoms in total. The molecule has 0 aromatic heterocycles. The SMILES string of the molecule is CCCCCCCCCCCOC(=O)CCCCCC[N-]CCCCCCCC(=O)OC(CCCCCCCC)CCCCCCCC.CN(C)CC(O)CC[S-].[Y]. The topological polar surface area (TPSA) is 90.2 Å². The molecule has 0 saturated carbocycles. The number of rotatable bonds is 44. The second-order valence-corrected chi connectivity index (χ2v) is 17.4. The summed E-state index contributed by atoms with van der Waals surface area (Å²) in [6.45, 7) is 9.99. The van der Waals surface area contributed by atoms with Gasteiger partial charge in [-0.15, -0.1) is 13.1 Å². The minimum absolute atomic E-state index is 0. The molecule has 1 radical (unpaired) electrons. The van der Waals surface area contributed by atoms with E-state index in [0.717, 1.165) is 90.3 Å². The average molecular weight is 916 g/mol. The van der Waals surface area contributed by atoms with Gasteiger partial charge in [-0.1, -0.05) is 181 Å². The van der Waals surface area contributed by atoms with Gasteiger partial charge in [-0.05, 0) is 65.5 Å². The molecule has 0 fully saturated rings. The first kappa shape index (κ1) is 62.6. The Morgan fingerprint density at radius 3 is 1.34 bits per heavy atom. The number of likely N-dealkylation sites (N-methyl/N-ethyl adjacent to an activating group) is 1. The summed E-state index contributed by atoms with van der Waals surface area (Å²) < 4.78 is 11.4. The molecule has 9 heteroatoms. The van der Waals surface area contributed by atoms with E-state index in [9.17, 15) is 9.59 Å². The van der Waals surface area contributed by atoms with Crippen molar-refractivity contribution in [2.75, 3.05) is 46.1 Å². The Bertz CT molecular complexity index is 793. The summed E-state index contributed by atoms with van der Waals surface area (Å²) in [6, 6.07) is 0. The van der Waals surface area contributed by atoms with Crippen LogP contribution in [0.15, 0.2) is 0 Å². The third-order valence-electron chi connectivity index (χ3n) is 10.7. The fraction of sp³-hybridized carbons (Fsp3) is 0.959. The molecule has 1 atom stereocenters. The standard InChI is InChI=1S/C43H84NO4.C6H15NOS.Y/c1-4-7-10-13-16-17-18-26-33-40-47-42(45)36-29-23-25-32-39-44-38-31-24-19-22-30-37-43(46)48-41(34-27-20-14-11-8-5-2)35-28-21-15-12-9-6-3;1-7(2)5-6(8)3-4-9;/h41H,4-40H2,1-3H3;6,8-9H,3-5H2,1-2H3;/q-1;;/p-1. The minimum atomic E-state index is -0.238. The maximum Gasteiger partial charge on any atom is 0.306 e. The Balaban J connectivity index is -0.00000267. The summed E-state index contributed by atoms with van der Waals surface area (Å²) in [5.41, 5.74) is 0. The number of ether oxygens (including phenoxy) is 2. The first-order chi connectivity index (χ1) is 27.8. The average Bonchev–Trinajstić information content (AvgIpc) is 3.18. The quantitative estimate of drug-likeness (QED) is 0.0370. The number of unbranched alkanes of at least 4 members (excludes halogenated alkanes) is 25. The van der Waals surface area contributed by atoms with E-state index in [1.54, 1.807) is 0 Å². The van der Waals surface area contributed by atoms with Crippen molar-refractivity contribution in [3.8, 4) is 0 Å². The summed E-state index contributed by atoms with van der Waals surface area (Å²) in [4.78, 5) is 26.5. The molecule has 0 bridgehead atoms. The molecule has 1 N–H and O–H groups in total. The first-order valence-electron chi connectivity index (χ1n) is 24.7. The number of carbonyl (C=O) groups excluding carboxylic acids is 2. The van der Waals surface area contributed by atoms with Crippen LogP contribution in [-0.4, -0.2) is 80.2 Å². The molecule has 0 aliphatic heterocycles. The zero-order valence-corrected chi connectivity index (χ0v) is 43.1. The van der Waals surface area contributed by atoms with Crippen LogP contribution in [0, 0.1) is 0 Å². The molecular formula is C49H98N2O5SY-2. The third-order valence-corrected chi connectivity index (χ3v) is 11.0. The van der Waals surface area contributed by atoms with Crippen molar-refractivity contribution in [2.24, 2.45) is 0 Å². The van der Waals surface area contributed by atoms with E-state index in [1.165, 1.54) is 141 Å². The van der Waals surface area contributed by atoms with Gasteiger partial charge >= 0.3 is 11.9 Å². The second kappa shape index (κ2) is 53.4. The number of aliphatic hydroxyl groups excluding tert-OH is 1. The summed E-state index contributed by atoms with van der Waals surface area (Å²) in [6.07, 6.45) is 40.8. The van der Waals surface area contributed by atoms with Crippen molar-refractivity contribution in [3.63, 3.8) is 0 Å². The van der Waals surface area contributed by atoms with Gasteiger partial charge in [0, 0.05) is 52.1 Å². The van der Waals surface area contributed by atoms with E-state index in [0.29, 0.717) is 25.2 Å². The molecule has 0 rings (SSSR count).